The van der Waals surface area contributed by atoms with E-state index in [9.17, 15) is 4.79 Å². The van der Waals surface area contributed by atoms with Gasteiger partial charge in [0.1, 0.15) is 11.4 Å². The molecule has 0 radical (unpaired) electrons. The molecular weight excluding hydrogens is 304 g/mol. The lowest BCUT2D eigenvalue weighted by Gasteiger charge is -2.38. The van der Waals surface area contributed by atoms with Crippen molar-refractivity contribution >= 4 is 5.91 Å². The zero-order valence-corrected chi connectivity index (χ0v) is 13.7. The molecule has 7 heteroatoms. The van der Waals surface area contributed by atoms with Crippen molar-refractivity contribution in [1.82, 2.24) is 29.7 Å². The number of carbonyl (C=O) groups excluding carboxylic acids is 1. The Hall–Kier alpha value is -2.28. The van der Waals surface area contributed by atoms with Crippen molar-refractivity contribution in [3.63, 3.8) is 0 Å². The molecule has 1 N–H and O–H groups in total. The van der Waals surface area contributed by atoms with Crippen LogP contribution in [0.15, 0.2) is 31.0 Å². The van der Waals surface area contributed by atoms with Gasteiger partial charge in [-0.25, -0.2) is 4.98 Å². The molecule has 7 nitrogen and oxygen atoms in total. The first kappa shape index (κ1) is 15.3. The van der Waals surface area contributed by atoms with Gasteiger partial charge in [0.05, 0.1) is 18.4 Å². The van der Waals surface area contributed by atoms with Gasteiger partial charge in [0, 0.05) is 44.4 Å². The maximum atomic E-state index is 13.5. The van der Waals surface area contributed by atoms with Crippen LogP contribution in [0.1, 0.15) is 37.2 Å². The van der Waals surface area contributed by atoms with E-state index in [1.54, 1.807) is 24.8 Å². The van der Waals surface area contributed by atoms with E-state index in [4.69, 9.17) is 0 Å². The van der Waals surface area contributed by atoms with Crippen molar-refractivity contribution in [3.05, 3.63) is 42.5 Å². The van der Waals surface area contributed by atoms with Gasteiger partial charge in [-0.05, 0) is 25.7 Å². The third-order valence-corrected chi connectivity index (χ3v) is 5.14. The van der Waals surface area contributed by atoms with Gasteiger partial charge in [0.15, 0.2) is 0 Å². The standard InChI is InChI=1S/C17H22N6O/c24-16(22-9-1-2-10-22)17(14-12-18-5-6-19-14)4-3-11-23(17)13-15-20-7-8-21-15/h5-8,12H,1-4,9-11,13H2,(H,20,21)/t17-/m1/s1. The fraction of sp³-hybridized carbons (Fsp3) is 0.529. The van der Waals surface area contributed by atoms with Crippen LogP contribution in [-0.2, 0) is 16.9 Å². The van der Waals surface area contributed by atoms with E-state index in [-0.39, 0.29) is 5.91 Å². The Morgan fingerprint density at radius 2 is 2.00 bits per heavy atom. The van der Waals surface area contributed by atoms with Crippen molar-refractivity contribution in [2.24, 2.45) is 0 Å². The van der Waals surface area contributed by atoms with E-state index in [1.165, 1.54) is 0 Å². The quantitative estimate of drug-likeness (QED) is 0.917. The molecule has 2 fully saturated rings. The molecule has 0 saturated carbocycles. The van der Waals surface area contributed by atoms with Crippen LogP contribution in [0, 0.1) is 0 Å². The molecule has 24 heavy (non-hydrogen) atoms. The Morgan fingerprint density at radius 3 is 2.71 bits per heavy atom. The van der Waals surface area contributed by atoms with Crippen LogP contribution in [0.3, 0.4) is 0 Å². The predicted octanol–water partition coefficient (Wildman–Crippen LogP) is 1.31. The molecule has 2 aliphatic heterocycles. The number of hydrogen-bond acceptors (Lipinski definition) is 5. The largest absolute Gasteiger partial charge is 0.348 e. The lowest BCUT2D eigenvalue weighted by atomic mass is 9.90. The minimum Gasteiger partial charge on any atom is -0.348 e. The average molecular weight is 326 g/mol. The summed E-state index contributed by atoms with van der Waals surface area (Å²) in [6.45, 7) is 3.16. The first-order valence-electron chi connectivity index (χ1n) is 8.60. The van der Waals surface area contributed by atoms with Crippen LogP contribution in [0.4, 0.5) is 0 Å². The summed E-state index contributed by atoms with van der Waals surface area (Å²) in [5, 5.41) is 0. The fourth-order valence-electron chi connectivity index (χ4n) is 3.99. The summed E-state index contributed by atoms with van der Waals surface area (Å²) in [5.74, 6) is 1.05. The van der Waals surface area contributed by atoms with Crippen LogP contribution in [0.25, 0.3) is 0 Å². The highest BCUT2D eigenvalue weighted by Gasteiger charge is 2.52. The second-order valence-electron chi connectivity index (χ2n) is 6.51. The molecule has 4 rings (SSSR count). The number of aromatic amines is 1. The summed E-state index contributed by atoms with van der Waals surface area (Å²) >= 11 is 0. The number of nitrogens with one attached hydrogen (secondary N) is 1. The minimum absolute atomic E-state index is 0.171. The average Bonchev–Trinajstić information content (AvgIpc) is 3.38. The molecule has 2 aliphatic rings. The van der Waals surface area contributed by atoms with E-state index in [0.717, 1.165) is 56.8 Å². The molecule has 4 heterocycles. The van der Waals surface area contributed by atoms with Gasteiger partial charge >= 0.3 is 0 Å². The zero-order chi connectivity index (χ0) is 16.4. The van der Waals surface area contributed by atoms with E-state index >= 15 is 0 Å². The predicted molar refractivity (Wildman–Crippen MR) is 87.8 cm³/mol. The second kappa shape index (κ2) is 6.32. The highest BCUT2D eigenvalue weighted by molar-refractivity contribution is 5.87. The molecule has 0 bridgehead atoms. The molecule has 0 aliphatic carbocycles. The number of H-pyrrole nitrogens is 1. The first-order chi connectivity index (χ1) is 11.8. The van der Waals surface area contributed by atoms with Gasteiger partial charge in [-0.2, -0.15) is 0 Å². The van der Waals surface area contributed by atoms with Crippen LogP contribution >= 0.6 is 0 Å². The molecule has 0 unspecified atom stereocenters. The molecular formula is C17H22N6O. The number of rotatable bonds is 4. The number of nitrogens with zero attached hydrogens (tertiary/aromatic N) is 5. The normalized spacial score (nSPS) is 24.6. The third-order valence-electron chi connectivity index (χ3n) is 5.14. The number of amides is 1. The lowest BCUT2D eigenvalue weighted by molar-refractivity contribution is -0.143. The Balaban J connectivity index is 1.73. The Morgan fingerprint density at radius 1 is 1.12 bits per heavy atom. The summed E-state index contributed by atoms with van der Waals surface area (Å²) in [6.07, 6.45) is 12.6. The SMILES string of the molecule is O=C(N1CCCC1)[C@]1(c2cnccn2)CCCN1Cc1ncc[nH]1. The van der Waals surface area contributed by atoms with Gasteiger partial charge in [-0.15, -0.1) is 0 Å². The van der Waals surface area contributed by atoms with Gasteiger partial charge in [0.25, 0.3) is 0 Å². The monoisotopic (exact) mass is 326 g/mol. The number of carbonyl (C=O) groups is 1. The number of aromatic nitrogens is 4. The van der Waals surface area contributed by atoms with E-state index < -0.39 is 5.54 Å². The topological polar surface area (TPSA) is 78.0 Å². The Kier molecular flexibility index (Phi) is 4.02. The second-order valence-corrected chi connectivity index (χ2v) is 6.51. The molecule has 2 saturated heterocycles. The van der Waals surface area contributed by atoms with Crippen molar-refractivity contribution in [3.8, 4) is 0 Å². The molecule has 0 aromatic carbocycles. The van der Waals surface area contributed by atoms with Gasteiger partial charge in [-0.1, -0.05) is 0 Å². The molecule has 1 atom stereocenters. The maximum absolute atomic E-state index is 13.5. The summed E-state index contributed by atoms with van der Waals surface area (Å²) < 4.78 is 0. The molecule has 2 aromatic rings. The fourth-order valence-corrected chi connectivity index (χ4v) is 3.99. The molecule has 1 amide bonds. The zero-order valence-electron chi connectivity index (χ0n) is 13.7. The number of imidazole rings is 1. The number of likely N-dealkylation sites (tertiary alicyclic amines) is 2. The van der Waals surface area contributed by atoms with E-state index in [0.29, 0.717) is 6.54 Å². The van der Waals surface area contributed by atoms with Gasteiger partial charge in [0.2, 0.25) is 5.91 Å². The van der Waals surface area contributed by atoms with Crippen molar-refractivity contribution in [1.29, 1.82) is 0 Å². The minimum atomic E-state index is -0.717. The Bertz CT molecular complexity index is 682. The molecule has 2 aromatic heterocycles. The highest BCUT2D eigenvalue weighted by Crippen LogP contribution is 2.40. The first-order valence-corrected chi connectivity index (χ1v) is 8.60. The Labute approximate surface area is 141 Å². The van der Waals surface area contributed by atoms with Gasteiger partial charge in [-0.3, -0.25) is 19.7 Å². The molecule has 0 spiro atoms. The van der Waals surface area contributed by atoms with Crippen molar-refractivity contribution in [2.45, 2.75) is 37.8 Å². The van der Waals surface area contributed by atoms with Crippen LogP contribution in [-0.4, -0.2) is 55.3 Å². The highest BCUT2D eigenvalue weighted by atomic mass is 16.2. The van der Waals surface area contributed by atoms with Crippen molar-refractivity contribution in [2.75, 3.05) is 19.6 Å². The van der Waals surface area contributed by atoms with Gasteiger partial charge < -0.3 is 9.88 Å². The van der Waals surface area contributed by atoms with Crippen LogP contribution < -0.4 is 0 Å². The molecule has 126 valence electrons. The van der Waals surface area contributed by atoms with Crippen molar-refractivity contribution < 1.29 is 4.79 Å². The summed E-state index contributed by atoms with van der Waals surface area (Å²) in [4.78, 5) is 33.9. The maximum Gasteiger partial charge on any atom is 0.249 e. The van der Waals surface area contributed by atoms with Crippen LogP contribution in [0.2, 0.25) is 0 Å². The third kappa shape index (κ3) is 2.49. The lowest BCUT2D eigenvalue weighted by Crippen LogP contribution is -2.54. The number of hydrogen-bond donors (Lipinski definition) is 1. The summed E-state index contributed by atoms with van der Waals surface area (Å²) in [7, 11) is 0. The van der Waals surface area contributed by atoms with E-state index in [2.05, 4.69) is 24.8 Å². The smallest absolute Gasteiger partial charge is 0.249 e. The van der Waals surface area contributed by atoms with Crippen LogP contribution in [0.5, 0.6) is 0 Å². The summed E-state index contributed by atoms with van der Waals surface area (Å²) in [5.41, 5.74) is 0.0386. The van der Waals surface area contributed by atoms with E-state index in [1.807, 2.05) is 11.1 Å². The summed E-state index contributed by atoms with van der Waals surface area (Å²) in [6, 6.07) is 0.